The molecule has 0 saturated carbocycles. The molecule has 0 aliphatic carbocycles. The van der Waals surface area contributed by atoms with Crippen molar-refractivity contribution in [2.75, 3.05) is 31.5 Å². The lowest BCUT2D eigenvalue weighted by Crippen LogP contribution is -3.13. The summed E-state index contributed by atoms with van der Waals surface area (Å²) in [5.74, 6) is -0.142. The molecule has 1 aromatic heterocycles. The average molecular weight is 389 g/mol. The van der Waals surface area contributed by atoms with Gasteiger partial charge in [0.25, 0.3) is 0 Å². The highest BCUT2D eigenvalue weighted by molar-refractivity contribution is 7.15. The number of benzene rings is 1. The zero-order valence-corrected chi connectivity index (χ0v) is 16.6. The fourth-order valence-electron chi connectivity index (χ4n) is 3.15. The van der Waals surface area contributed by atoms with Gasteiger partial charge in [-0.3, -0.25) is 9.59 Å². The maximum atomic E-state index is 12.4. The van der Waals surface area contributed by atoms with Gasteiger partial charge in [-0.05, 0) is 13.8 Å². The van der Waals surface area contributed by atoms with Gasteiger partial charge in [-0.2, -0.15) is 0 Å². The first-order chi connectivity index (χ1) is 13.0. The highest BCUT2D eigenvalue weighted by Crippen LogP contribution is 2.14. The Labute approximate surface area is 163 Å². The van der Waals surface area contributed by atoms with Crippen molar-refractivity contribution in [3.63, 3.8) is 0 Å². The molecule has 0 radical (unpaired) electrons. The number of rotatable bonds is 6. The Balaban J connectivity index is 1.37. The van der Waals surface area contributed by atoms with Crippen LogP contribution in [0.15, 0.2) is 24.3 Å². The molecule has 0 atom stereocenters. The molecule has 0 unspecified atom stereocenters. The first-order valence-corrected chi connectivity index (χ1v) is 10.1. The van der Waals surface area contributed by atoms with Gasteiger partial charge in [-0.25, -0.2) is 0 Å². The van der Waals surface area contributed by atoms with Crippen molar-refractivity contribution in [2.45, 2.75) is 33.2 Å². The van der Waals surface area contributed by atoms with Crippen molar-refractivity contribution in [2.24, 2.45) is 0 Å². The molecule has 2 aromatic rings. The number of nitrogens with one attached hydrogen (secondary N) is 2. The van der Waals surface area contributed by atoms with Gasteiger partial charge in [-0.1, -0.05) is 41.2 Å². The van der Waals surface area contributed by atoms with E-state index in [4.69, 9.17) is 0 Å². The van der Waals surface area contributed by atoms with Crippen LogP contribution in [-0.4, -0.2) is 53.1 Å². The van der Waals surface area contributed by atoms with E-state index in [1.54, 1.807) is 0 Å². The lowest BCUT2D eigenvalue weighted by molar-refractivity contribution is -0.917. The van der Waals surface area contributed by atoms with Crippen molar-refractivity contribution < 1.29 is 14.5 Å². The van der Waals surface area contributed by atoms with Gasteiger partial charge in [0.15, 0.2) is 0 Å². The molecule has 1 aromatic carbocycles. The molecule has 2 amide bonds. The standard InChI is InChI=1S/C19H25N5O2S/c1-14-3-5-16(6-4-14)13-23-9-11-24(12-10-23)18(26)8-7-17(25)20-19-22-21-15(2)27-19/h3-6H,7-13H2,1-2H3,(H,20,22,25)/p+1. The number of nitrogens with zero attached hydrogens (tertiary/aromatic N) is 3. The van der Waals surface area contributed by atoms with Crippen LogP contribution in [0.4, 0.5) is 5.13 Å². The van der Waals surface area contributed by atoms with E-state index >= 15 is 0 Å². The monoisotopic (exact) mass is 388 g/mol. The second-order valence-electron chi connectivity index (χ2n) is 6.97. The number of aryl methyl sites for hydroxylation is 2. The van der Waals surface area contributed by atoms with Crippen LogP contribution < -0.4 is 10.2 Å². The third kappa shape index (κ3) is 5.83. The molecule has 8 heteroatoms. The van der Waals surface area contributed by atoms with Crippen LogP contribution in [0.5, 0.6) is 0 Å². The highest BCUT2D eigenvalue weighted by atomic mass is 32.1. The molecule has 1 fully saturated rings. The van der Waals surface area contributed by atoms with Crippen LogP contribution in [0.3, 0.4) is 0 Å². The van der Waals surface area contributed by atoms with E-state index in [0.29, 0.717) is 5.13 Å². The zero-order valence-electron chi connectivity index (χ0n) is 15.8. The summed E-state index contributed by atoms with van der Waals surface area (Å²) < 4.78 is 0. The largest absolute Gasteiger partial charge is 0.331 e. The molecule has 2 heterocycles. The second kappa shape index (κ2) is 9.05. The second-order valence-corrected chi connectivity index (χ2v) is 8.15. The van der Waals surface area contributed by atoms with E-state index in [1.165, 1.54) is 27.4 Å². The van der Waals surface area contributed by atoms with Crippen molar-refractivity contribution in [1.29, 1.82) is 0 Å². The summed E-state index contributed by atoms with van der Waals surface area (Å²) in [5, 5.41) is 11.7. The van der Waals surface area contributed by atoms with Crippen LogP contribution in [0.1, 0.15) is 29.0 Å². The molecule has 2 N–H and O–H groups in total. The minimum absolute atomic E-state index is 0.0491. The van der Waals surface area contributed by atoms with Crippen LogP contribution in [0.2, 0.25) is 0 Å². The van der Waals surface area contributed by atoms with E-state index in [9.17, 15) is 9.59 Å². The lowest BCUT2D eigenvalue weighted by atomic mass is 10.1. The molecule has 0 bridgehead atoms. The van der Waals surface area contributed by atoms with Crippen LogP contribution in [0.25, 0.3) is 0 Å². The molecule has 7 nitrogen and oxygen atoms in total. The van der Waals surface area contributed by atoms with Gasteiger partial charge in [0.1, 0.15) is 11.6 Å². The van der Waals surface area contributed by atoms with Crippen molar-refractivity contribution in [3.05, 3.63) is 40.4 Å². The number of hydrogen-bond donors (Lipinski definition) is 2. The molecule has 1 aliphatic heterocycles. The zero-order chi connectivity index (χ0) is 19.2. The minimum atomic E-state index is -0.192. The predicted molar refractivity (Wildman–Crippen MR) is 105 cm³/mol. The smallest absolute Gasteiger partial charge is 0.226 e. The van der Waals surface area contributed by atoms with E-state index in [2.05, 4.69) is 46.7 Å². The van der Waals surface area contributed by atoms with E-state index < -0.39 is 0 Å². The average Bonchev–Trinajstić information content (AvgIpc) is 3.07. The van der Waals surface area contributed by atoms with Gasteiger partial charge in [0.2, 0.25) is 16.9 Å². The molecule has 0 spiro atoms. The summed E-state index contributed by atoms with van der Waals surface area (Å²) in [4.78, 5) is 27.7. The number of quaternary nitrogens is 1. The van der Waals surface area contributed by atoms with Gasteiger partial charge >= 0.3 is 0 Å². The minimum Gasteiger partial charge on any atom is -0.331 e. The number of hydrogen-bond acceptors (Lipinski definition) is 5. The van der Waals surface area contributed by atoms with E-state index in [0.717, 1.165) is 37.7 Å². The lowest BCUT2D eigenvalue weighted by Gasteiger charge is -2.32. The number of anilines is 1. The van der Waals surface area contributed by atoms with Crippen LogP contribution in [0, 0.1) is 13.8 Å². The number of piperazine rings is 1. The van der Waals surface area contributed by atoms with Gasteiger partial charge < -0.3 is 15.1 Å². The predicted octanol–water partition coefficient (Wildman–Crippen LogP) is 0.801. The Kier molecular flexibility index (Phi) is 6.52. The molecule has 27 heavy (non-hydrogen) atoms. The Morgan fingerprint density at radius 2 is 1.81 bits per heavy atom. The quantitative estimate of drug-likeness (QED) is 0.767. The Hall–Kier alpha value is -2.32. The number of carbonyl (C=O) groups excluding carboxylic acids is 2. The molecule has 1 saturated heterocycles. The molecular formula is C19H26N5O2S+. The third-order valence-electron chi connectivity index (χ3n) is 4.74. The Morgan fingerprint density at radius 1 is 1.11 bits per heavy atom. The van der Waals surface area contributed by atoms with Gasteiger partial charge in [-0.15, -0.1) is 10.2 Å². The number of carbonyl (C=O) groups is 2. The molecule has 1 aliphatic rings. The van der Waals surface area contributed by atoms with E-state index in [1.807, 2.05) is 11.8 Å². The van der Waals surface area contributed by atoms with Crippen molar-refractivity contribution in [3.8, 4) is 0 Å². The SMILES string of the molecule is Cc1ccc(C[NH+]2CCN(C(=O)CCC(=O)Nc3nnc(C)s3)CC2)cc1. The van der Waals surface area contributed by atoms with Crippen molar-refractivity contribution in [1.82, 2.24) is 15.1 Å². The highest BCUT2D eigenvalue weighted by Gasteiger charge is 2.24. The summed E-state index contributed by atoms with van der Waals surface area (Å²) in [7, 11) is 0. The molecular weight excluding hydrogens is 362 g/mol. The number of amides is 2. The first-order valence-electron chi connectivity index (χ1n) is 9.26. The van der Waals surface area contributed by atoms with Gasteiger partial charge in [0.05, 0.1) is 26.2 Å². The summed E-state index contributed by atoms with van der Waals surface area (Å²) >= 11 is 1.33. The Morgan fingerprint density at radius 3 is 2.44 bits per heavy atom. The normalized spacial score (nSPS) is 15.0. The molecule has 144 valence electrons. The first kappa shape index (κ1) is 19.4. The summed E-state index contributed by atoms with van der Waals surface area (Å²) in [6.45, 7) is 8.29. The fraction of sp³-hybridized carbons (Fsp3) is 0.474. The molecule has 3 rings (SSSR count). The third-order valence-corrected chi connectivity index (χ3v) is 5.49. The Bertz CT molecular complexity index is 782. The fourth-order valence-corrected chi connectivity index (χ4v) is 3.76. The summed E-state index contributed by atoms with van der Waals surface area (Å²) in [6.07, 6.45) is 0.408. The maximum absolute atomic E-state index is 12.4. The summed E-state index contributed by atoms with van der Waals surface area (Å²) in [5.41, 5.74) is 2.61. The summed E-state index contributed by atoms with van der Waals surface area (Å²) in [6, 6.07) is 8.64. The number of aromatic nitrogens is 2. The van der Waals surface area contributed by atoms with Gasteiger partial charge in [0, 0.05) is 18.4 Å². The topological polar surface area (TPSA) is 79.6 Å². The maximum Gasteiger partial charge on any atom is 0.226 e. The van der Waals surface area contributed by atoms with Crippen molar-refractivity contribution >= 4 is 28.3 Å². The van der Waals surface area contributed by atoms with Crippen LogP contribution >= 0.6 is 11.3 Å². The van der Waals surface area contributed by atoms with Crippen LogP contribution in [-0.2, 0) is 16.1 Å². The van der Waals surface area contributed by atoms with E-state index in [-0.39, 0.29) is 24.7 Å².